The van der Waals surface area contributed by atoms with Crippen LogP contribution >= 0.6 is 0 Å². The van der Waals surface area contributed by atoms with E-state index in [1.165, 1.54) is 19.3 Å². The van der Waals surface area contributed by atoms with E-state index >= 15 is 0 Å². The van der Waals surface area contributed by atoms with Crippen LogP contribution in [0.4, 0.5) is 0 Å². The van der Waals surface area contributed by atoms with E-state index in [0.717, 1.165) is 18.4 Å². The number of fused-ring (bicyclic) bond motifs is 3. The van der Waals surface area contributed by atoms with Crippen molar-refractivity contribution in [3.05, 3.63) is 5.89 Å². The Morgan fingerprint density at radius 1 is 1.50 bits per heavy atom. The summed E-state index contributed by atoms with van der Waals surface area (Å²) in [7, 11) is 0. The van der Waals surface area contributed by atoms with Crippen LogP contribution in [-0.2, 0) is 0 Å². The molecule has 0 amide bonds. The minimum absolute atomic E-state index is 0.374. The summed E-state index contributed by atoms with van der Waals surface area (Å²) < 4.78 is 10.5. The van der Waals surface area contributed by atoms with Crippen molar-refractivity contribution in [3.63, 3.8) is 0 Å². The van der Waals surface area contributed by atoms with Crippen molar-refractivity contribution in [2.24, 2.45) is 5.92 Å². The van der Waals surface area contributed by atoms with E-state index < -0.39 is 0 Å². The number of ether oxygens (including phenoxy) is 1. The summed E-state index contributed by atoms with van der Waals surface area (Å²) in [6.45, 7) is 3.64. The van der Waals surface area contributed by atoms with Crippen molar-refractivity contribution in [2.75, 3.05) is 13.2 Å². The fourth-order valence-electron chi connectivity index (χ4n) is 2.84. The molecule has 88 valence electrons. The number of hydrogen-bond donors (Lipinski definition) is 1. The van der Waals surface area contributed by atoms with Crippen LogP contribution in [0.1, 0.15) is 38.0 Å². The Morgan fingerprint density at radius 2 is 2.44 bits per heavy atom. The zero-order valence-electron chi connectivity index (χ0n) is 9.48. The second kappa shape index (κ2) is 4.05. The third kappa shape index (κ3) is 1.69. The Hall–Kier alpha value is -1.10. The monoisotopic (exact) mass is 223 g/mol. The van der Waals surface area contributed by atoms with E-state index in [2.05, 4.69) is 15.5 Å². The highest BCUT2D eigenvalue weighted by Crippen LogP contribution is 2.39. The molecular formula is C11H17N3O2. The normalized spacial score (nSPS) is 32.9. The van der Waals surface area contributed by atoms with Crippen LogP contribution in [0, 0.1) is 5.92 Å². The third-order valence-corrected chi connectivity index (χ3v) is 3.64. The average molecular weight is 223 g/mol. The first-order valence-electron chi connectivity index (χ1n) is 6.06. The number of piperidine rings is 2. The van der Waals surface area contributed by atoms with Crippen LogP contribution < -0.4 is 10.1 Å². The van der Waals surface area contributed by atoms with Crippen LogP contribution in [0.25, 0.3) is 0 Å². The first kappa shape index (κ1) is 10.1. The molecule has 0 radical (unpaired) electrons. The molecule has 0 aromatic carbocycles. The van der Waals surface area contributed by atoms with Crippen LogP contribution in [0.15, 0.2) is 4.52 Å². The first-order valence-corrected chi connectivity index (χ1v) is 6.06. The summed E-state index contributed by atoms with van der Waals surface area (Å²) in [5.41, 5.74) is 0. The van der Waals surface area contributed by atoms with Gasteiger partial charge in [-0.15, -0.1) is 0 Å². The van der Waals surface area contributed by atoms with Crippen LogP contribution in [0.2, 0.25) is 0 Å². The van der Waals surface area contributed by atoms with Crippen molar-refractivity contribution in [1.29, 1.82) is 0 Å². The average Bonchev–Trinajstić information content (AvgIpc) is 2.80. The minimum Gasteiger partial charge on any atom is -0.462 e. The summed E-state index contributed by atoms with van der Waals surface area (Å²) in [6, 6.07) is 0.888. The number of nitrogens with zero attached hydrogens (tertiary/aromatic N) is 2. The van der Waals surface area contributed by atoms with Gasteiger partial charge in [-0.1, -0.05) is 0 Å². The molecule has 3 aliphatic rings. The molecular weight excluding hydrogens is 206 g/mol. The molecule has 16 heavy (non-hydrogen) atoms. The van der Waals surface area contributed by atoms with E-state index in [0.29, 0.717) is 24.6 Å². The Morgan fingerprint density at radius 3 is 3.06 bits per heavy atom. The van der Waals surface area contributed by atoms with Gasteiger partial charge in [-0.3, -0.25) is 0 Å². The highest BCUT2D eigenvalue weighted by Gasteiger charge is 2.39. The van der Waals surface area contributed by atoms with Gasteiger partial charge in [0.2, 0.25) is 5.89 Å². The van der Waals surface area contributed by atoms with Crippen molar-refractivity contribution < 1.29 is 9.26 Å². The quantitative estimate of drug-likeness (QED) is 0.837. The molecule has 5 nitrogen and oxygen atoms in total. The highest BCUT2D eigenvalue weighted by atomic mass is 16.5. The molecule has 2 saturated heterocycles. The molecule has 1 saturated carbocycles. The lowest BCUT2D eigenvalue weighted by Crippen LogP contribution is -2.49. The van der Waals surface area contributed by atoms with Gasteiger partial charge in [-0.2, -0.15) is 4.98 Å². The lowest BCUT2D eigenvalue weighted by atomic mass is 9.74. The van der Waals surface area contributed by atoms with Gasteiger partial charge in [-0.25, -0.2) is 0 Å². The van der Waals surface area contributed by atoms with E-state index in [4.69, 9.17) is 9.26 Å². The molecule has 3 atom stereocenters. The second-order valence-corrected chi connectivity index (χ2v) is 4.65. The number of hydrogen-bond acceptors (Lipinski definition) is 5. The van der Waals surface area contributed by atoms with Gasteiger partial charge in [0.15, 0.2) is 0 Å². The largest absolute Gasteiger partial charge is 0.462 e. The van der Waals surface area contributed by atoms with Gasteiger partial charge in [0, 0.05) is 6.04 Å². The van der Waals surface area contributed by atoms with Gasteiger partial charge >= 0.3 is 6.01 Å². The molecule has 3 unspecified atom stereocenters. The molecule has 0 spiro atoms. The zero-order valence-corrected chi connectivity index (χ0v) is 9.48. The zero-order chi connectivity index (χ0) is 11.0. The molecule has 1 N–H and O–H groups in total. The molecule has 2 aliphatic heterocycles. The lowest BCUT2D eigenvalue weighted by Gasteiger charge is -2.41. The van der Waals surface area contributed by atoms with Gasteiger partial charge in [0.1, 0.15) is 0 Å². The third-order valence-electron chi connectivity index (χ3n) is 3.64. The van der Waals surface area contributed by atoms with Crippen molar-refractivity contribution >= 4 is 0 Å². The Bertz CT molecular complexity index is 358. The molecule has 1 aromatic rings. The molecule has 1 aliphatic carbocycles. The first-order chi connectivity index (χ1) is 7.86. The standard InChI is InChI=1S/C11H17N3O2/c1-2-15-11-13-10(16-14-11)8-5-7-3-4-9(8)12-6-7/h7-9,12H,2-6H2,1H3. The van der Waals surface area contributed by atoms with E-state index in [1.807, 2.05) is 6.92 Å². The minimum atomic E-state index is 0.374. The summed E-state index contributed by atoms with van der Waals surface area (Å²) >= 11 is 0. The van der Waals surface area contributed by atoms with Crippen molar-refractivity contribution in [1.82, 2.24) is 15.5 Å². The molecule has 2 bridgehead atoms. The topological polar surface area (TPSA) is 60.2 Å². The van der Waals surface area contributed by atoms with Crippen LogP contribution in [0.5, 0.6) is 6.01 Å². The highest BCUT2D eigenvalue weighted by molar-refractivity contribution is 5.07. The second-order valence-electron chi connectivity index (χ2n) is 4.65. The van der Waals surface area contributed by atoms with E-state index in [1.54, 1.807) is 0 Å². The number of rotatable bonds is 3. The number of nitrogens with one attached hydrogen (secondary N) is 1. The summed E-state index contributed by atoms with van der Waals surface area (Å²) in [4.78, 5) is 4.30. The van der Waals surface area contributed by atoms with Gasteiger partial charge in [0.25, 0.3) is 0 Å². The number of aromatic nitrogens is 2. The van der Waals surface area contributed by atoms with E-state index in [-0.39, 0.29) is 0 Å². The summed E-state index contributed by atoms with van der Waals surface area (Å²) in [5.74, 6) is 1.90. The maximum Gasteiger partial charge on any atom is 0.354 e. The molecule has 1 aromatic heterocycles. The smallest absolute Gasteiger partial charge is 0.354 e. The van der Waals surface area contributed by atoms with Crippen LogP contribution in [-0.4, -0.2) is 29.3 Å². The summed E-state index contributed by atoms with van der Waals surface area (Å²) in [5, 5.41) is 7.37. The Balaban J connectivity index is 1.76. The molecule has 4 rings (SSSR count). The van der Waals surface area contributed by atoms with Crippen molar-refractivity contribution in [2.45, 2.75) is 38.1 Å². The SMILES string of the molecule is CCOc1noc(C2CC3CCC2NC3)n1. The predicted octanol–water partition coefficient (Wildman–Crippen LogP) is 1.32. The predicted molar refractivity (Wildman–Crippen MR) is 57.3 cm³/mol. The van der Waals surface area contributed by atoms with E-state index in [9.17, 15) is 0 Å². The molecule has 3 fully saturated rings. The molecule has 3 heterocycles. The van der Waals surface area contributed by atoms with Gasteiger partial charge in [0.05, 0.1) is 12.5 Å². The van der Waals surface area contributed by atoms with Crippen molar-refractivity contribution in [3.8, 4) is 6.01 Å². The summed E-state index contributed by atoms with van der Waals surface area (Å²) in [6.07, 6.45) is 3.73. The Kier molecular flexibility index (Phi) is 2.55. The fourth-order valence-corrected chi connectivity index (χ4v) is 2.84. The maximum atomic E-state index is 5.28. The maximum absolute atomic E-state index is 5.28. The van der Waals surface area contributed by atoms with Crippen LogP contribution in [0.3, 0.4) is 0 Å². The van der Waals surface area contributed by atoms with Gasteiger partial charge in [-0.05, 0) is 43.8 Å². The Labute approximate surface area is 94.6 Å². The fraction of sp³-hybridized carbons (Fsp3) is 0.818. The van der Waals surface area contributed by atoms with Gasteiger partial charge < -0.3 is 14.6 Å². The lowest BCUT2D eigenvalue weighted by molar-refractivity contribution is 0.157. The molecule has 5 heteroatoms.